The topological polar surface area (TPSA) is 232 Å². The fourth-order valence-corrected chi connectivity index (χ4v) is 7.34. The Balaban J connectivity index is 1.94. The largest absolute Gasteiger partial charge is 0.507 e. The van der Waals surface area contributed by atoms with Crippen molar-refractivity contribution in [3.05, 3.63) is 52.8 Å². The van der Waals surface area contributed by atoms with E-state index in [4.69, 9.17) is 28.5 Å². The Morgan fingerprint density at radius 1 is 0.966 bits per heavy atom. The first-order chi connectivity index (χ1) is 27.7. The Hall–Kier alpha value is -5.16. The number of esters is 1. The second-order valence-electron chi connectivity index (χ2n) is 15.6. The van der Waals surface area contributed by atoms with Gasteiger partial charge in [-0.1, -0.05) is 51.1 Å². The number of benzene rings is 2. The van der Waals surface area contributed by atoms with Crippen LogP contribution in [0.3, 0.4) is 0 Å². The van der Waals surface area contributed by atoms with Crippen molar-refractivity contribution in [1.29, 1.82) is 0 Å². The zero-order valence-corrected chi connectivity index (χ0v) is 35.4. The molecule has 3 aliphatic heterocycles. The maximum absolute atomic E-state index is 14.4. The van der Waals surface area contributed by atoms with Crippen LogP contribution in [0.5, 0.6) is 23.0 Å². The van der Waals surface area contributed by atoms with Gasteiger partial charge in [0.25, 0.3) is 11.7 Å². The molecule has 9 atom stereocenters. The molecule has 59 heavy (non-hydrogen) atoms. The Bertz CT molecular complexity index is 2020. The third kappa shape index (κ3) is 9.84. The summed E-state index contributed by atoms with van der Waals surface area (Å²) in [6.07, 6.45) is 4.37. The molecule has 5 rings (SSSR count). The molecule has 0 saturated heterocycles. The number of amides is 1. The first kappa shape index (κ1) is 46.5. The van der Waals surface area contributed by atoms with Crippen LogP contribution >= 0.6 is 0 Å². The molecule has 0 aromatic heterocycles. The normalized spacial score (nSPS) is 30.2. The Labute approximate surface area is 344 Å². The molecule has 324 valence electrons. The quantitative estimate of drug-likeness (QED) is 0.0480. The maximum atomic E-state index is 14.4. The molecule has 0 spiro atoms. The predicted molar refractivity (Wildman–Crippen MR) is 218 cm³/mol. The molecule has 0 saturated carbocycles. The molecule has 0 aliphatic carbocycles. The highest BCUT2D eigenvalue weighted by Crippen LogP contribution is 2.55. The molecule has 1 amide bonds. The van der Waals surface area contributed by atoms with Crippen LogP contribution in [0.1, 0.15) is 83.8 Å². The average molecular weight is 827 g/mol. The van der Waals surface area contributed by atoms with Crippen LogP contribution in [-0.2, 0) is 33.4 Å². The van der Waals surface area contributed by atoms with Crippen LogP contribution in [0.4, 0.5) is 5.69 Å². The van der Waals surface area contributed by atoms with Crippen molar-refractivity contribution in [1.82, 2.24) is 0 Å². The Morgan fingerprint density at radius 2 is 1.64 bits per heavy atom. The molecule has 2 aromatic carbocycles. The van der Waals surface area contributed by atoms with Crippen molar-refractivity contribution in [3.8, 4) is 23.0 Å². The second-order valence-corrected chi connectivity index (χ2v) is 15.6. The van der Waals surface area contributed by atoms with Gasteiger partial charge in [0.15, 0.2) is 5.75 Å². The molecule has 2 aromatic rings. The van der Waals surface area contributed by atoms with Gasteiger partial charge in [0.05, 0.1) is 65.7 Å². The van der Waals surface area contributed by atoms with Crippen molar-refractivity contribution in [2.24, 2.45) is 28.8 Å². The van der Waals surface area contributed by atoms with Crippen molar-refractivity contribution >= 4 is 40.3 Å². The number of fused-ring (bicyclic) bond motifs is 14. The number of phenols is 3. The number of aliphatic hydroxyl groups is 2. The van der Waals surface area contributed by atoms with Crippen LogP contribution in [0, 0.1) is 30.6 Å². The lowest BCUT2D eigenvalue weighted by atomic mass is 9.78. The van der Waals surface area contributed by atoms with Crippen molar-refractivity contribution in [2.75, 3.05) is 25.6 Å². The van der Waals surface area contributed by atoms with E-state index in [0.717, 1.165) is 6.21 Å². The summed E-state index contributed by atoms with van der Waals surface area (Å²) in [6.45, 7) is 16.3. The van der Waals surface area contributed by atoms with E-state index in [1.165, 1.54) is 53.2 Å². The minimum absolute atomic E-state index is 0.0206. The number of allylic oxidation sites excluding steroid dienone is 2. The number of hydrogen-bond donors (Lipinski definition) is 6. The van der Waals surface area contributed by atoms with E-state index in [1.54, 1.807) is 39.8 Å². The lowest BCUT2D eigenvalue weighted by Gasteiger charge is -2.38. The van der Waals surface area contributed by atoms with Crippen LogP contribution < -0.4 is 10.1 Å². The van der Waals surface area contributed by atoms with Crippen LogP contribution in [0.2, 0.25) is 0 Å². The fourth-order valence-electron chi connectivity index (χ4n) is 7.34. The van der Waals surface area contributed by atoms with Crippen LogP contribution in [0.25, 0.3) is 10.8 Å². The summed E-state index contributed by atoms with van der Waals surface area (Å²) < 4.78 is 28.9. The number of oxime groups is 1. The standard InChI is InChI=1S/C43H58N2O14/c1-20(2)55-17-18-57-44-19-28-33-38(51)31-30(37(28)50)32-40(26(8)36(31)49)59-43(10,41(32)52)56-16-15-29(54-11)23(5)39(58-27(9)46)25(7)35(48)24(6)34(47)21(3)13-12-14-22(4)42(53)45-33/h12-16,19-21,23-25,29,34-35,39,47-51H,17-18H2,1-11H3,(H,45,53)/b13-12+,16-15+,22-14-,44-19+/t21-,23+,24+,25+,29-,34-,35+,39+,43-/m0/s1. The van der Waals surface area contributed by atoms with E-state index >= 15 is 0 Å². The number of methoxy groups -OCH3 is 1. The smallest absolute Gasteiger partial charge is 0.312 e. The minimum Gasteiger partial charge on any atom is -0.507 e. The summed E-state index contributed by atoms with van der Waals surface area (Å²) in [5.74, 6) is -8.76. The molecular weight excluding hydrogens is 768 g/mol. The van der Waals surface area contributed by atoms with Crippen LogP contribution in [-0.4, -0.2) is 106 Å². The first-order valence-corrected chi connectivity index (χ1v) is 19.5. The van der Waals surface area contributed by atoms with Gasteiger partial charge < -0.3 is 59.4 Å². The van der Waals surface area contributed by atoms with Gasteiger partial charge in [-0.3, -0.25) is 14.4 Å². The molecule has 0 fully saturated rings. The van der Waals surface area contributed by atoms with E-state index in [-0.39, 0.29) is 63.8 Å². The van der Waals surface area contributed by atoms with Gasteiger partial charge >= 0.3 is 11.8 Å². The lowest BCUT2D eigenvalue weighted by molar-refractivity contribution is -0.160. The van der Waals surface area contributed by atoms with E-state index in [0.29, 0.717) is 0 Å². The van der Waals surface area contributed by atoms with Gasteiger partial charge in [0, 0.05) is 61.2 Å². The summed E-state index contributed by atoms with van der Waals surface area (Å²) in [5.41, 5.74) is -0.693. The Morgan fingerprint density at radius 3 is 2.27 bits per heavy atom. The zero-order chi connectivity index (χ0) is 44.1. The molecule has 16 nitrogen and oxygen atoms in total. The number of phenolic OH excluding ortho intramolecular Hbond substituents is 3. The summed E-state index contributed by atoms with van der Waals surface area (Å²) in [4.78, 5) is 45.6. The van der Waals surface area contributed by atoms with Gasteiger partial charge in [-0.2, -0.15) is 0 Å². The maximum Gasteiger partial charge on any atom is 0.312 e. The molecule has 16 heteroatoms. The van der Waals surface area contributed by atoms with Crippen molar-refractivity contribution in [2.45, 2.75) is 106 Å². The van der Waals surface area contributed by atoms with Gasteiger partial charge in [-0.15, -0.1) is 0 Å². The highest BCUT2D eigenvalue weighted by Gasteiger charge is 2.50. The zero-order valence-electron chi connectivity index (χ0n) is 35.4. The fraction of sp³-hybridized carbons (Fsp3) is 0.535. The number of hydrogen-bond acceptors (Lipinski definition) is 15. The molecular formula is C43H58N2O14. The van der Waals surface area contributed by atoms with Gasteiger partial charge in [-0.25, -0.2) is 0 Å². The van der Waals surface area contributed by atoms with Gasteiger partial charge in [-0.05, 0) is 33.8 Å². The minimum atomic E-state index is -2.07. The molecule has 0 radical (unpaired) electrons. The third-order valence-electron chi connectivity index (χ3n) is 10.9. The number of Topliss-reactive ketones (excluding diaryl/α,β-unsaturated/α-hetero) is 1. The number of nitrogens with one attached hydrogen (secondary N) is 1. The number of ketones is 1. The molecule has 6 N–H and O–H groups in total. The monoisotopic (exact) mass is 826 g/mol. The summed E-state index contributed by atoms with van der Waals surface area (Å²) in [5, 5.41) is 63.9. The van der Waals surface area contributed by atoms with Crippen LogP contribution in [0.15, 0.2) is 41.3 Å². The number of ether oxygens (including phenoxy) is 5. The van der Waals surface area contributed by atoms with E-state index in [1.807, 2.05) is 13.8 Å². The van der Waals surface area contributed by atoms with Crippen molar-refractivity contribution in [3.63, 3.8) is 0 Å². The van der Waals surface area contributed by atoms with E-state index in [2.05, 4.69) is 10.5 Å². The number of carbonyl (C=O) groups excluding carboxylic acids is 3. The highest BCUT2D eigenvalue weighted by molar-refractivity contribution is 6.23. The number of rotatable bonds is 8. The predicted octanol–water partition coefficient (Wildman–Crippen LogP) is 5.53. The summed E-state index contributed by atoms with van der Waals surface area (Å²) >= 11 is 0. The van der Waals surface area contributed by atoms with Gasteiger partial charge in [0.2, 0.25) is 0 Å². The molecule has 3 aliphatic rings. The number of aromatic hydroxyl groups is 3. The number of carbonyl (C=O) groups is 3. The van der Waals surface area contributed by atoms with E-state index in [9.17, 15) is 39.9 Å². The summed E-state index contributed by atoms with van der Waals surface area (Å²) in [7, 11) is 1.42. The highest BCUT2D eigenvalue weighted by atomic mass is 16.7. The SMILES string of the molecule is CO[C@H]1/C=C/O[C@@]2(C)Oc3c(C)c(O)c4c(O)c(c(/C=N/OCCOC(C)C)c(O)c4c3C2=O)NC(=O)/C(C)=C\C=C\[C@H](C)[C@H](O)[C@@H](C)[C@@H](O)[C@@H](C)[C@H](OC(C)=O)[C@@H]1C. The van der Waals surface area contributed by atoms with Crippen molar-refractivity contribution < 1.29 is 68.4 Å². The summed E-state index contributed by atoms with van der Waals surface area (Å²) in [6, 6.07) is 0. The van der Waals surface area contributed by atoms with Gasteiger partial charge in [0.1, 0.15) is 30.0 Å². The number of nitrogens with zero attached hydrogens (tertiary/aromatic N) is 1. The number of aliphatic hydroxyl groups excluding tert-OH is 2. The number of anilines is 1. The average Bonchev–Trinajstić information content (AvgIpc) is 3.45. The van der Waals surface area contributed by atoms with E-state index < -0.39 is 88.8 Å². The second kappa shape index (κ2) is 19.3. The third-order valence-corrected chi connectivity index (χ3v) is 10.9. The molecule has 3 heterocycles. The molecule has 5 bridgehead atoms. The Kier molecular flexibility index (Phi) is 15.2. The molecule has 0 unspecified atom stereocenters. The lowest BCUT2D eigenvalue weighted by Crippen LogP contribution is -2.46. The first-order valence-electron chi connectivity index (χ1n) is 19.5.